The summed E-state index contributed by atoms with van der Waals surface area (Å²) in [4.78, 5) is 16.0. The second-order valence-electron chi connectivity index (χ2n) is 4.71. The number of nitrogens with one attached hydrogen (secondary N) is 1. The minimum Gasteiger partial charge on any atom is -0.443 e. The quantitative estimate of drug-likeness (QED) is 0.868. The number of hydrogen-bond donors (Lipinski definition) is 1. The SMILES string of the molecule is CCC(CC)C(=O)NCCc1ccc2ocnc2c1. The number of rotatable bonds is 6. The number of hydrogen-bond acceptors (Lipinski definition) is 3. The molecule has 1 N–H and O–H groups in total. The first-order valence-corrected chi connectivity index (χ1v) is 6.84. The van der Waals surface area contributed by atoms with Gasteiger partial charge in [-0.1, -0.05) is 19.9 Å². The molecular weight excluding hydrogens is 240 g/mol. The molecule has 0 aliphatic carbocycles. The van der Waals surface area contributed by atoms with Crippen molar-refractivity contribution >= 4 is 17.0 Å². The average Bonchev–Trinajstić information content (AvgIpc) is 2.87. The van der Waals surface area contributed by atoms with E-state index >= 15 is 0 Å². The summed E-state index contributed by atoms with van der Waals surface area (Å²) in [6.45, 7) is 4.76. The fourth-order valence-corrected chi connectivity index (χ4v) is 2.19. The number of nitrogens with zero attached hydrogens (tertiary/aromatic N) is 1. The molecule has 2 rings (SSSR count). The van der Waals surface area contributed by atoms with Crippen LogP contribution in [0.1, 0.15) is 32.3 Å². The second-order valence-corrected chi connectivity index (χ2v) is 4.71. The molecule has 19 heavy (non-hydrogen) atoms. The Bertz CT molecular complexity index is 544. The molecule has 0 aliphatic heterocycles. The van der Waals surface area contributed by atoms with Crippen molar-refractivity contribution in [2.45, 2.75) is 33.1 Å². The summed E-state index contributed by atoms with van der Waals surface area (Å²) in [6.07, 6.45) is 4.05. The average molecular weight is 260 g/mol. The summed E-state index contributed by atoms with van der Waals surface area (Å²) in [5.41, 5.74) is 2.82. The minimum atomic E-state index is 0.137. The van der Waals surface area contributed by atoms with E-state index in [0.717, 1.165) is 35.9 Å². The molecule has 4 heteroatoms. The molecule has 4 nitrogen and oxygen atoms in total. The number of fused-ring (bicyclic) bond motifs is 1. The fourth-order valence-electron chi connectivity index (χ4n) is 2.19. The Morgan fingerprint density at radius 1 is 1.37 bits per heavy atom. The van der Waals surface area contributed by atoms with Gasteiger partial charge in [0.25, 0.3) is 0 Å². The first kappa shape index (κ1) is 13.6. The standard InChI is InChI=1S/C15H20N2O2/c1-3-12(4-2)15(18)16-8-7-11-5-6-14-13(9-11)17-10-19-14/h5-6,9-10,12H,3-4,7-8H2,1-2H3,(H,16,18). The monoisotopic (exact) mass is 260 g/mol. The smallest absolute Gasteiger partial charge is 0.223 e. The summed E-state index contributed by atoms with van der Waals surface area (Å²) in [5, 5.41) is 2.99. The van der Waals surface area contributed by atoms with Gasteiger partial charge in [0.2, 0.25) is 5.91 Å². The molecular formula is C15H20N2O2. The van der Waals surface area contributed by atoms with Crippen LogP contribution in [-0.2, 0) is 11.2 Å². The Kier molecular flexibility index (Phi) is 4.55. The van der Waals surface area contributed by atoms with Crippen LogP contribution in [0.2, 0.25) is 0 Å². The predicted molar refractivity (Wildman–Crippen MR) is 74.8 cm³/mol. The predicted octanol–water partition coefficient (Wildman–Crippen LogP) is 2.92. The molecule has 0 radical (unpaired) electrons. The Morgan fingerprint density at radius 3 is 2.89 bits per heavy atom. The summed E-state index contributed by atoms with van der Waals surface area (Å²) in [5.74, 6) is 0.297. The second kappa shape index (κ2) is 6.36. The Morgan fingerprint density at radius 2 is 2.16 bits per heavy atom. The van der Waals surface area contributed by atoms with Gasteiger partial charge in [0.05, 0.1) is 0 Å². The van der Waals surface area contributed by atoms with Crippen LogP contribution in [-0.4, -0.2) is 17.4 Å². The van der Waals surface area contributed by atoms with Gasteiger partial charge in [0, 0.05) is 12.5 Å². The molecule has 0 saturated carbocycles. The van der Waals surface area contributed by atoms with Crippen LogP contribution >= 0.6 is 0 Å². The number of carbonyl (C=O) groups is 1. The van der Waals surface area contributed by atoms with E-state index in [9.17, 15) is 4.79 Å². The Labute approximate surface area is 113 Å². The Hall–Kier alpha value is -1.84. The van der Waals surface area contributed by atoms with Crippen LogP contribution in [0.3, 0.4) is 0 Å². The molecule has 0 bridgehead atoms. The molecule has 0 spiro atoms. The molecule has 0 aliphatic rings. The first-order valence-electron chi connectivity index (χ1n) is 6.84. The highest BCUT2D eigenvalue weighted by Gasteiger charge is 2.12. The number of amides is 1. The van der Waals surface area contributed by atoms with Gasteiger partial charge in [-0.15, -0.1) is 0 Å². The maximum absolute atomic E-state index is 11.8. The lowest BCUT2D eigenvalue weighted by Gasteiger charge is -2.12. The van der Waals surface area contributed by atoms with E-state index < -0.39 is 0 Å². The lowest BCUT2D eigenvalue weighted by atomic mass is 10.0. The summed E-state index contributed by atoms with van der Waals surface area (Å²) < 4.78 is 5.20. The summed E-state index contributed by atoms with van der Waals surface area (Å²) in [7, 11) is 0. The van der Waals surface area contributed by atoms with Gasteiger partial charge >= 0.3 is 0 Å². The summed E-state index contributed by atoms with van der Waals surface area (Å²) in [6, 6.07) is 5.93. The van der Waals surface area contributed by atoms with E-state index in [1.165, 1.54) is 6.39 Å². The highest BCUT2D eigenvalue weighted by Crippen LogP contribution is 2.14. The van der Waals surface area contributed by atoms with Crippen molar-refractivity contribution < 1.29 is 9.21 Å². The van der Waals surface area contributed by atoms with Crippen LogP contribution in [0.25, 0.3) is 11.1 Å². The van der Waals surface area contributed by atoms with Gasteiger partial charge in [-0.25, -0.2) is 4.98 Å². The van der Waals surface area contributed by atoms with Crippen LogP contribution in [0.15, 0.2) is 29.0 Å². The van der Waals surface area contributed by atoms with Gasteiger partial charge in [-0.05, 0) is 37.0 Å². The zero-order valence-corrected chi connectivity index (χ0v) is 11.5. The maximum atomic E-state index is 11.8. The van der Waals surface area contributed by atoms with E-state index in [0.29, 0.717) is 6.54 Å². The Balaban J connectivity index is 1.86. The van der Waals surface area contributed by atoms with Crippen molar-refractivity contribution in [1.29, 1.82) is 0 Å². The number of aromatic nitrogens is 1. The molecule has 1 heterocycles. The largest absolute Gasteiger partial charge is 0.443 e. The van der Waals surface area contributed by atoms with Crippen molar-refractivity contribution in [1.82, 2.24) is 10.3 Å². The van der Waals surface area contributed by atoms with Crippen molar-refractivity contribution in [3.05, 3.63) is 30.2 Å². The molecule has 102 valence electrons. The van der Waals surface area contributed by atoms with Crippen molar-refractivity contribution in [3.63, 3.8) is 0 Å². The topological polar surface area (TPSA) is 55.1 Å². The molecule has 2 aromatic rings. The first-order chi connectivity index (χ1) is 9.24. The van der Waals surface area contributed by atoms with Crippen LogP contribution < -0.4 is 5.32 Å². The van der Waals surface area contributed by atoms with Gasteiger partial charge in [-0.3, -0.25) is 4.79 Å². The summed E-state index contributed by atoms with van der Waals surface area (Å²) >= 11 is 0. The number of benzene rings is 1. The molecule has 0 saturated heterocycles. The van der Waals surface area contributed by atoms with Gasteiger partial charge in [0.15, 0.2) is 12.0 Å². The zero-order chi connectivity index (χ0) is 13.7. The zero-order valence-electron chi connectivity index (χ0n) is 11.5. The van der Waals surface area contributed by atoms with Crippen LogP contribution in [0.5, 0.6) is 0 Å². The fraction of sp³-hybridized carbons (Fsp3) is 0.467. The third kappa shape index (κ3) is 3.34. The van der Waals surface area contributed by atoms with Crippen molar-refractivity contribution in [2.24, 2.45) is 5.92 Å². The van der Waals surface area contributed by atoms with Crippen molar-refractivity contribution in [3.8, 4) is 0 Å². The third-order valence-corrected chi connectivity index (χ3v) is 3.46. The van der Waals surface area contributed by atoms with Gasteiger partial charge < -0.3 is 9.73 Å². The van der Waals surface area contributed by atoms with E-state index in [1.807, 2.05) is 32.0 Å². The number of carbonyl (C=O) groups excluding carboxylic acids is 1. The molecule has 1 amide bonds. The van der Waals surface area contributed by atoms with Crippen LogP contribution in [0, 0.1) is 5.92 Å². The van der Waals surface area contributed by atoms with Gasteiger partial charge in [0.1, 0.15) is 5.52 Å². The van der Waals surface area contributed by atoms with E-state index in [1.54, 1.807) is 0 Å². The molecule has 0 unspecified atom stereocenters. The van der Waals surface area contributed by atoms with Crippen molar-refractivity contribution in [2.75, 3.05) is 6.54 Å². The van der Waals surface area contributed by atoms with E-state index in [4.69, 9.17) is 4.42 Å². The molecule has 0 atom stereocenters. The van der Waals surface area contributed by atoms with E-state index in [-0.39, 0.29) is 11.8 Å². The third-order valence-electron chi connectivity index (χ3n) is 3.46. The maximum Gasteiger partial charge on any atom is 0.223 e. The molecule has 1 aromatic heterocycles. The molecule has 0 fully saturated rings. The highest BCUT2D eigenvalue weighted by molar-refractivity contribution is 5.78. The van der Waals surface area contributed by atoms with Gasteiger partial charge in [-0.2, -0.15) is 0 Å². The minimum absolute atomic E-state index is 0.137. The molecule has 1 aromatic carbocycles. The number of oxazole rings is 1. The highest BCUT2D eigenvalue weighted by atomic mass is 16.3. The van der Waals surface area contributed by atoms with Crippen LogP contribution in [0.4, 0.5) is 0 Å². The normalized spacial score (nSPS) is 11.1. The lowest BCUT2D eigenvalue weighted by molar-refractivity contribution is -0.125. The lowest BCUT2D eigenvalue weighted by Crippen LogP contribution is -2.31. The van der Waals surface area contributed by atoms with E-state index in [2.05, 4.69) is 10.3 Å².